The molecule has 286 valence electrons. The van der Waals surface area contributed by atoms with E-state index in [1.54, 1.807) is 36.1 Å². The van der Waals surface area contributed by atoms with Crippen molar-refractivity contribution in [3.63, 3.8) is 0 Å². The number of carboxylic acid groups (broad SMARTS) is 1. The zero-order valence-electron chi connectivity index (χ0n) is 31.6. The van der Waals surface area contributed by atoms with Crippen molar-refractivity contribution in [1.29, 1.82) is 0 Å². The van der Waals surface area contributed by atoms with E-state index in [-0.39, 0.29) is 17.2 Å². The van der Waals surface area contributed by atoms with E-state index in [1.807, 2.05) is 24.4 Å². The number of carbonyl (C=O) groups excluding carboxylic acids is 1. The number of benzene rings is 2. The van der Waals surface area contributed by atoms with Crippen LogP contribution in [0, 0.1) is 11.8 Å². The van der Waals surface area contributed by atoms with E-state index in [4.69, 9.17) is 21.1 Å². The number of aliphatic carboxylic acids is 1. The fourth-order valence-electron chi connectivity index (χ4n) is 9.32. The Morgan fingerprint density at radius 2 is 1.91 bits per heavy atom. The number of nitrogens with one attached hydrogen (secondary N) is 2. The molecule has 10 nitrogen and oxygen atoms in total. The second-order valence-corrected chi connectivity index (χ2v) is 16.2. The average molecular weight is 754 g/mol. The molecule has 7 rings (SSSR count). The highest BCUT2D eigenvalue weighted by Gasteiger charge is 2.54. The first-order chi connectivity index (χ1) is 26.1. The first-order valence-electron chi connectivity index (χ1n) is 19.5. The molecule has 1 fully saturated rings. The van der Waals surface area contributed by atoms with Crippen molar-refractivity contribution < 1.29 is 24.2 Å². The molecule has 1 amide bonds. The number of halogens is 1. The van der Waals surface area contributed by atoms with Crippen LogP contribution < -0.4 is 20.1 Å². The fraction of sp³-hybridized carbons (Fsp3) is 0.488. The quantitative estimate of drug-likeness (QED) is 0.110. The van der Waals surface area contributed by atoms with Gasteiger partial charge in [0, 0.05) is 48.0 Å². The Labute approximate surface area is 323 Å². The lowest BCUT2D eigenvalue weighted by atomic mass is 9.59. The number of amides is 1. The zero-order chi connectivity index (χ0) is 37.9. The first kappa shape index (κ1) is 37.7. The minimum absolute atomic E-state index is 0.158. The minimum Gasteiger partial charge on any atom is -0.494 e. The molecule has 0 radical (unpaired) electrons. The van der Waals surface area contributed by atoms with Gasteiger partial charge in [-0.2, -0.15) is 5.10 Å². The highest BCUT2D eigenvalue weighted by atomic mass is 35.5. The van der Waals surface area contributed by atoms with E-state index in [0.29, 0.717) is 61.6 Å². The highest BCUT2D eigenvalue weighted by Crippen LogP contribution is 2.57. The van der Waals surface area contributed by atoms with Crippen LogP contribution in [0.1, 0.15) is 104 Å². The molecule has 11 heteroatoms. The van der Waals surface area contributed by atoms with Gasteiger partial charge in [-0.3, -0.25) is 14.5 Å². The van der Waals surface area contributed by atoms with Gasteiger partial charge in [-0.1, -0.05) is 37.6 Å². The normalized spacial score (nSPS) is 23.6. The lowest BCUT2D eigenvalue weighted by Crippen LogP contribution is -2.53. The summed E-state index contributed by atoms with van der Waals surface area (Å²) in [4.78, 5) is 30.2. The average Bonchev–Trinajstić information content (AvgIpc) is 3.71. The van der Waals surface area contributed by atoms with Crippen LogP contribution >= 0.6 is 11.6 Å². The topological polar surface area (TPSA) is 128 Å². The molecule has 0 saturated heterocycles. The maximum atomic E-state index is 13.0. The third-order valence-electron chi connectivity index (χ3n) is 12.2. The predicted molar refractivity (Wildman–Crippen MR) is 210 cm³/mol. The Morgan fingerprint density at radius 1 is 1.07 bits per heavy atom. The molecule has 4 aromatic rings. The third-order valence-corrected chi connectivity index (χ3v) is 12.4. The molecule has 3 atom stereocenters. The van der Waals surface area contributed by atoms with Crippen molar-refractivity contribution in [2.75, 3.05) is 25.1 Å². The fourth-order valence-corrected chi connectivity index (χ4v) is 9.51. The summed E-state index contributed by atoms with van der Waals surface area (Å²) in [6.07, 6.45) is 11.8. The molecule has 54 heavy (non-hydrogen) atoms. The molecular weight excluding hydrogens is 702 g/mol. The molecule has 0 bridgehead atoms. The second-order valence-electron chi connectivity index (χ2n) is 15.8. The minimum atomic E-state index is -1.09. The largest absolute Gasteiger partial charge is 0.494 e. The summed E-state index contributed by atoms with van der Waals surface area (Å²) in [7, 11) is 1.75. The number of nitrogens with zero attached hydrogens (tertiary/aromatic N) is 3. The van der Waals surface area contributed by atoms with Crippen LogP contribution in [0.4, 0.5) is 5.69 Å². The number of rotatable bonds is 14. The van der Waals surface area contributed by atoms with Crippen molar-refractivity contribution >= 4 is 29.2 Å². The first-order valence-corrected chi connectivity index (χ1v) is 19.8. The molecule has 1 spiro atoms. The smallest absolute Gasteiger partial charge is 0.329 e. The van der Waals surface area contributed by atoms with Crippen LogP contribution in [-0.4, -0.2) is 57.0 Å². The van der Waals surface area contributed by atoms with Crippen molar-refractivity contribution in [1.82, 2.24) is 20.1 Å². The van der Waals surface area contributed by atoms with Crippen LogP contribution in [0.5, 0.6) is 11.5 Å². The number of pyridine rings is 1. The number of hydrogen-bond acceptors (Lipinski definition) is 7. The number of carbonyl (C=O) groups is 2. The van der Waals surface area contributed by atoms with Crippen molar-refractivity contribution in [2.45, 2.75) is 94.9 Å². The molecule has 3 aliphatic carbocycles. The summed E-state index contributed by atoms with van der Waals surface area (Å²) in [6.45, 7) is 6.11. The Hall–Kier alpha value is -4.57. The van der Waals surface area contributed by atoms with Crippen molar-refractivity contribution in [2.24, 2.45) is 18.9 Å². The van der Waals surface area contributed by atoms with E-state index < -0.39 is 11.5 Å². The monoisotopic (exact) mass is 753 g/mol. The van der Waals surface area contributed by atoms with Gasteiger partial charge in [0.1, 0.15) is 22.7 Å². The second kappa shape index (κ2) is 16.0. The van der Waals surface area contributed by atoms with Crippen LogP contribution in [0.3, 0.4) is 0 Å². The summed E-state index contributed by atoms with van der Waals surface area (Å²) in [5.41, 5.74) is 4.98. The van der Waals surface area contributed by atoms with Gasteiger partial charge in [0.05, 0.1) is 13.2 Å². The summed E-state index contributed by atoms with van der Waals surface area (Å²) in [5.74, 6) is 1.83. The van der Waals surface area contributed by atoms with Gasteiger partial charge in [0.15, 0.2) is 0 Å². The van der Waals surface area contributed by atoms with Crippen LogP contribution in [0.25, 0.3) is 0 Å². The van der Waals surface area contributed by atoms with E-state index in [0.717, 1.165) is 55.7 Å². The molecule has 1 unspecified atom stereocenters. The Kier molecular flexibility index (Phi) is 11.2. The SMILES string of the molecule is C[C@@H](COc1ccnc2c1[C@H](C)CCC2)CC1Cc2ccc(OCCCNC(=O)c3ccnn3C)cc2C12CCC(Nc1cccc(Cl)c1)(C(=O)O)CC2. The molecule has 2 aromatic heterocycles. The molecule has 3 aliphatic rings. The zero-order valence-corrected chi connectivity index (χ0v) is 32.3. The molecule has 2 heterocycles. The van der Waals surface area contributed by atoms with Gasteiger partial charge in [-0.05, 0) is 141 Å². The van der Waals surface area contributed by atoms with E-state index in [9.17, 15) is 14.7 Å². The van der Waals surface area contributed by atoms with E-state index in [2.05, 4.69) is 52.8 Å². The van der Waals surface area contributed by atoms with Crippen LogP contribution in [0.15, 0.2) is 67.0 Å². The maximum Gasteiger partial charge on any atom is 0.329 e. The van der Waals surface area contributed by atoms with Gasteiger partial charge in [0.2, 0.25) is 0 Å². The molecule has 0 aliphatic heterocycles. The lowest BCUT2D eigenvalue weighted by Gasteiger charge is -2.47. The summed E-state index contributed by atoms with van der Waals surface area (Å²) in [6, 6.07) is 17.5. The summed E-state index contributed by atoms with van der Waals surface area (Å²) >= 11 is 6.29. The molecule has 2 aromatic carbocycles. The third kappa shape index (κ3) is 7.81. The number of aryl methyl sites for hydroxylation is 2. The van der Waals surface area contributed by atoms with Gasteiger partial charge >= 0.3 is 5.97 Å². The predicted octanol–water partition coefficient (Wildman–Crippen LogP) is 8.13. The summed E-state index contributed by atoms with van der Waals surface area (Å²) in [5, 5.41) is 21.6. The van der Waals surface area contributed by atoms with Crippen molar-refractivity contribution in [3.05, 3.63) is 100 Å². The lowest BCUT2D eigenvalue weighted by molar-refractivity contribution is -0.144. The standard InChI is InChI=1S/C43H52ClN5O5/c1-28(27-54-38-14-20-45-36-10-4-7-29(2)39(36)38)23-31-24-30-11-12-34(53-22-6-19-46-40(50)37-13-21-47-49(37)3)26-35(30)42(31)15-17-43(18-16-42,41(51)52)48-33-9-5-8-32(44)25-33/h5,8-9,11-14,20-21,25-26,28-29,31,48H,4,6-7,10,15-19,22-24,27H2,1-3H3,(H,46,50)(H,51,52)/t28-,29-,31?,42?,43?/m1/s1. The summed E-state index contributed by atoms with van der Waals surface area (Å²) < 4.78 is 14.4. The Bertz CT molecular complexity index is 1970. The van der Waals surface area contributed by atoms with Gasteiger partial charge in [-0.15, -0.1) is 0 Å². The number of carboxylic acids is 1. The number of aromatic nitrogens is 3. The number of hydrogen-bond donors (Lipinski definition) is 3. The number of anilines is 1. The van der Waals surface area contributed by atoms with E-state index >= 15 is 0 Å². The Morgan fingerprint density at radius 3 is 2.67 bits per heavy atom. The van der Waals surface area contributed by atoms with Gasteiger partial charge in [-0.25, -0.2) is 4.79 Å². The van der Waals surface area contributed by atoms with Gasteiger partial charge in [0.25, 0.3) is 5.91 Å². The molecule has 1 saturated carbocycles. The highest BCUT2D eigenvalue weighted by molar-refractivity contribution is 6.30. The molecular formula is C43H52ClN5O5. The maximum absolute atomic E-state index is 13.0. The van der Waals surface area contributed by atoms with Gasteiger partial charge < -0.3 is 25.2 Å². The number of ether oxygens (including phenoxy) is 2. The van der Waals surface area contributed by atoms with Crippen LogP contribution in [0.2, 0.25) is 5.02 Å². The Balaban J connectivity index is 1.07. The number of fused-ring (bicyclic) bond motifs is 3. The molecule has 3 N–H and O–H groups in total. The van der Waals surface area contributed by atoms with E-state index in [1.165, 1.54) is 28.8 Å². The van der Waals surface area contributed by atoms with Crippen LogP contribution in [-0.2, 0) is 30.1 Å². The van der Waals surface area contributed by atoms with Crippen molar-refractivity contribution in [3.8, 4) is 11.5 Å².